The second kappa shape index (κ2) is 7.00. The summed E-state index contributed by atoms with van der Waals surface area (Å²) >= 11 is 0. The minimum Gasteiger partial charge on any atom is -0.273 e. The normalized spacial score (nSPS) is 11.8. The molecule has 0 atom stereocenters. The third-order valence-corrected chi connectivity index (χ3v) is 3.83. The van der Waals surface area contributed by atoms with Crippen molar-refractivity contribution in [2.45, 2.75) is 13.1 Å². The van der Waals surface area contributed by atoms with Crippen LogP contribution in [0.4, 0.5) is 13.2 Å². The van der Waals surface area contributed by atoms with Gasteiger partial charge >= 0.3 is 6.18 Å². The summed E-state index contributed by atoms with van der Waals surface area (Å²) in [4.78, 5) is 4.57. The van der Waals surface area contributed by atoms with Crippen molar-refractivity contribution in [2.75, 3.05) is 0 Å². The molecule has 3 rings (SSSR count). The van der Waals surface area contributed by atoms with Crippen LogP contribution in [0, 0.1) is 0 Å². The van der Waals surface area contributed by atoms with E-state index in [0.717, 1.165) is 22.8 Å². The summed E-state index contributed by atoms with van der Waals surface area (Å²) in [6.07, 6.45) is 0.930. The molecule has 2 heterocycles. The summed E-state index contributed by atoms with van der Waals surface area (Å²) in [5.41, 5.74) is 2.69. The van der Waals surface area contributed by atoms with Gasteiger partial charge in [-0.15, -0.1) is 0 Å². The predicted octanol–water partition coefficient (Wildman–Crippen LogP) is 5.83. The number of nitrogens with zero attached hydrogens (tertiary/aromatic N) is 2. The van der Waals surface area contributed by atoms with E-state index in [1.54, 1.807) is 12.1 Å². The van der Waals surface area contributed by atoms with Crippen LogP contribution in [0.2, 0.25) is 0 Å². The van der Waals surface area contributed by atoms with Gasteiger partial charge in [-0.3, -0.25) is 5.10 Å². The average molecular weight is 355 g/mol. The summed E-state index contributed by atoms with van der Waals surface area (Å²) in [7, 11) is 0. The van der Waals surface area contributed by atoms with E-state index in [0.29, 0.717) is 11.4 Å². The van der Waals surface area contributed by atoms with Crippen LogP contribution in [-0.4, -0.2) is 15.2 Å². The van der Waals surface area contributed by atoms with Crippen molar-refractivity contribution in [2.24, 2.45) is 0 Å². The van der Waals surface area contributed by atoms with Crippen molar-refractivity contribution >= 4 is 12.2 Å². The summed E-state index contributed by atoms with van der Waals surface area (Å²) in [6, 6.07) is 12.1. The summed E-state index contributed by atoms with van der Waals surface area (Å²) in [6.45, 7) is 5.72. The fraction of sp³-hybridized carbons (Fsp3) is 0.100. The Bertz CT molecular complexity index is 954. The first kappa shape index (κ1) is 17.7. The van der Waals surface area contributed by atoms with Gasteiger partial charge in [-0.05, 0) is 24.6 Å². The van der Waals surface area contributed by atoms with E-state index in [9.17, 15) is 13.2 Å². The Hall–Kier alpha value is -3.15. The zero-order chi connectivity index (χ0) is 18.7. The lowest BCUT2D eigenvalue weighted by Crippen LogP contribution is -2.04. The minimum atomic E-state index is -4.49. The van der Waals surface area contributed by atoms with E-state index in [1.807, 2.05) is 54.5 Å². The molecule has 132 valence electrons. The van der Waals surface area contributed by atoms with Gasteiger partial charge in [0.25, 0.3) is 0 Å². The van der Waals surface area contributed by atoms with Gasteiger partial charge in [-0.1, -0.05) is 55.1 Å². The standard InChI is InChI=1S/C20H16F3N3/c1-3-8-14-11-16(17-12-18(26-25-17)20(21,22)23)24-19(15(14)4-2)13-9-6-5-7-10-13/h3-12H,2H2,1H3,(H,25,26)/b8-3-. The first-order valence-electron chi connectivity index (χ1n) is 7.92. The molecule has 0 saturated heterocycles. The van der Waals surface area contributed by atoms with Gasteiger partial charge in [-0.2, -0.15) is 18.3 Å². The first-order chi connectivity index (χ1) is 12.4. The molecule has 0 unspecified atom stereocenters. The van der Waals surface area contributed by atoms with E-state index in [2.05, 4.69) is 16.7 Å². The van der Waals surface area contributed by atoms with Gasteiger partial charge < -0.3 is 0 Å². The van der Waals surface area contributed by atoms with Crippen LogP contribution < -0.4 is 0 Å². The molecule has 0 saturated carbocycles. The number of nitrogens with one attached hydrogen (secondary N) is 1. The molecule has 1 aromatic carbocycles. The van der Waals surface area contributed by atoms with Crippen LogP contribution in [0.25, 0.3) is 34.8 Å². The van der Waals surface area contributed by atoms with Crippen LogP contribution in [-0.2, 0) is 6.18 Å². The van der Waals surface area contributed by atoms with Crippen LogP contribution >= 0.6 is 0 Å². The highest BCUT2D eigenvalue weighted by atomic mass is 19.4. The molecule has 0 aliphatic carbocycles. The van der Waals surface area contributed by atoms with E-state index in [1.165, 1.54) is 0 Å². The van der Waals surface area contributed by atoms with Crippen molar-refractivity contribution in [3.8, 4) is 22.6 Å². The molecule has 2 aromatic heterocycles. The fourth-order valence-corrected chi connectivity index (χ4v) is 2.65. The molecule has 26 heavy (non-hydrogen) atoms. The van der Waals surface area contributed by atoms with E-state index < -0.39 is 11.9 Å². The monoisotopic (exact) mass is 355 g/mol. The van der Waals surface area contributed by atoms with Crippen LogP contribution in [0.1, 0.15) is 23.7 Å². The predicted molar refractivity (Wildman–Crippen MR) is 97.1 cm³/mol. The number of H-pyrrole nitrogens is 1. The first-order valence-corrected chi connectivity index (χ1v) is 7.92. The molecule has 0 fully saturated rings. The zero-order valence-electron chi connectivity index (χ0n) is 14.0. The topological polar surface area (TPSA) is 41.6 Å². The smallest absolute Gasteiger partial charge is 0.273 e. The Labute approximate surface area is 148 Å². The maximum Gasteiger partial charge on any atom is 0.432 e. The molecular weight excluding hydrogens is 339 g/mol. The van der Waals surface area contributed by atoms with Gasteiger partial charge in [0.2, 0.25) is 0 Å². The van der Waals surface area contributed by atoms with Gasteiger partial charge in [0, 0.05) is 11.1 Å². The van der Waals surface area contributed by atoms with Crippen molar-refractivity contribution in [3.63, 3.8) is 0 Å². The van der Waals surface area contributed by atoms with Gasteiger partial charge in [0.1, 0.15) is 11.4 Å². The Balaban J connectivity index is 2.22. The number of halogens is 3. The molecule has 3 nitrogen and oxygen atoms in total. The van der Waals surface area contributed by atoms with Crippen molar-refractivity contribution < 1.29 is 13.2 Å². The van der Waals surface area contributed by atoms with E-state index in [-0.39, 0.29) is 5.69 Å². The van der Waals surface area contributed by atoms with Crippen LogP contribution in [0.3, 0.4) is 0 Å². The molecule has 3 aromatic rings. The number of pyridine rings is 1. The number of aromatic amines is 1. The van der Waals surface area contributed by atoms with Gasteiger partial charge in [0.05, 0.1) is 11.4 Å². The number of hydrogen-bond acceptors (Lipinski definition) is 2. The third kappa shape index (κ3) is 3.44. The molecule has 0 amide bonds. The lowest BCUT2D eigenvalue weighted by Gasteiger charge is -2.11. The maximum atomic E-state index is 12.9. The highest BCUT2D eigenvalue weighted by molar-refractivity contribution is 5.81. The maximum absolute atomic E-state index is 12.9. The summed E-state index contributed by atoms with van der Waals surface area (Å²) in [5.74, 6) is 0. The van der Waals surface area contributed by atoms with Crippen molar-refractivity contribution in [1.29, 1.82) is 0 Å². The molecule has 0 aliphatic heterocycles. The molecule has 6 heteroatoms. The number of allylic oxidation sites excluding steroid dienone is 1. The molecule has 0 radical (unpaired) electrons. The highest BCUT2D eigenvalue weighted by Gasteiger charge is 2.33. The Kier molecular flexibility index (Phi) is 4.75. The van der Waals surface area contributed by atoms with E-state index >= 15 is 0 Å². The molecule has 0 spiro atoms. The molecule has 1 N–H and O–H groups in total. The lowest BCUT2D eigenvalue weighted by molar-refractivity contribution is -0.141. The zero-order valence-corrected chi connectivity index (χ0v) is 14.0. The van der Waals surface area contributed by atoms with Crippen molar-refractivity contribution in [1.82, 2.24) is 15.2 Å². The minimum absolute atomic E-state index is 0.135. The Morgan fingerprint density at radius 1 is 1.08 bits per heavy atom. The average Bonchev–Trinajstić information content (AvgIpc) is 3.13. The largest absolute Gasteiger partial charge is 0.432 e. The van der Waals surface area contributed by atoms with Gasteiger partial charge in [0.15, 0.2) is 0 Å². The van der Waals surface area contributed by atoms with Gasteiger partial charge in [-0.25, -0.2) is 4.98 Å². The Morgan fingerprint density at radius 2 is 1.81 bits per heavy atom. The van der Waals surface area contributed by atoms with E-state index in [4.69, 9.17) is 0 Å². The third-order valence-electron chi connectivity index (χ3n) is 3.83. The number of benzene rings is 1. The number of rotatable bonds is 4. The number of alkyl halides is 3. The van der Waals surface area contributed by atoms with Crippen LogP contribution in [0.15, 0.2) is 55.1 Å². The SMILES string of the molecule is C=Cc1c(/C=C\C)cc(-c2cc(C(F)(F)F)[nH]n2)nc1-c1ccccc1. The molecular formula is C20H16F3N3. The molecule has 0 bridgehead atoms. The second-order valence-electron chi connectivity index (χ2n) is 5.59. The summed E-state index contributed by atoms with van der Waals surface area (Å²) < 4.78 is 38.6. The van der Waals surface area contributed by atoms with Crippen LogP contribution in [0.5, 0.6) is 0 Å². The van der Waals surface area contributed by atoms with Crippen molar-refractivity contribution in [3.05, 3.63) is 71.9 Å². The molecule has 0 aliphatic rings. The lowest BCUT2D eigenvalue weighted by atomic mass is 9.98. The second-order valence-corrected chi connectivity index (χ2v) is 5.59. The summed E-state index contributed by atoms with van der Waals surface area (Å²) in [5, 5.41) is 5.82. The number of aromatic nitrogens is 3. The Morgan fingerprint density at radius 3 is 2.38 bits per heavy atom. The quantitative estimate of drug-likeness (QED) is 0.639. The fourth-order valence-electron chi connectivity index (χ4n) is 2.65. The highest BCUT2D eigenvalue weighted by Crippen LogP contribution is 2.33. The number of hydrogen-bond donors (Lipinski definition) is 1.